The van der Waals surface area contributed by atoms with E-state index in [9.17, 15) is 9.59 Å². The highest BCUT2D eigenvalue weighted by Gasteiger charge is 2.48. The number of hydrogen-bond donors (Lipinski definition) is 2. The Labute approximate surface area is 274 Å². The Morgan fingerprint density at radius 2 is 1.72 bits per heavy atom. The zero-order valence-corrected chi connectivity index (χ0v) is 27.6. The van der Waals surface area contributed by atoms with E-state index >= 15 is 0 Å². The summed E-state index contributed by atoms with van der Waals surface area (Å²) in [5.74, 6) is -0.197. The van der Waals surface area contributed by atoms with Crippen molar-refractivity contribution in [2.24, 2.45) is 5.92 Å². The van der Waals surface area contributed by atoms with Crippen molar-refractivity contribution in [3.05, 3.63) is 67.6 Å². The molecule has 3 saturated heterocycles. The number of benzene rings is 2. The lowest BCUT2D eigenvalue weighted by molar-refractivity contribution is -0.164. The summed E-state index contributed by atoms with van der Waals surface area (Å²) < 4.78 is 6.59. The molecule has 5 rings (SSSR count). The van der Waals surface area contributed by atoms with Crippen LogP contribution >= 0.6 is 46.4 Å². The number of amides is 2. The minimum Gasteiger partial charge on any atom is -0.366 e. The Morgan fingerprint density at radius 1 is 0.977 bits per heavy atom. The summed E-state index contributed by atoms with van der Waals surface area (Å²) in [6.07, 6.45) is 5.15. The van der Waals surface area contributed by atoms with E-state index < -0.39 is 11.1 Å². The Kier molecular flexibility index (Phi) is 10.9. The maximum absolute atomic E-state index is 14.0. The van der Waals surface area contributed by atoms with Gasteiger partial charge in [0.1, 0.15) is 11.1 Å². The first-order chi connectivity index (χ1) is 20.7. The van der Waals surface area contributed by atoms with Crippen LogP contribution in [0, 0.1) is 5.92 Å². The number of piperidine rings is 2. The van der Waals surface area contributed by atoms with Crippen LogP contribution in [0.1, 0.15) is 50.2 Å². The molecular formula is C32H40Cl4N4O3. The molecule has 2 N–H and O–H groups in total. The molecule has 2 aromatic carbocycles. The molecule has 3 aliphatic rings. The first-order valence-corrected chi connectivity index (χ1v) is 16.7. The number of carbonyl (C=O) groups excluding carboxylic acids is 2. The number of rotatable bonds is 8. The fourth-order valence-electron chi connectivity index (χ4n) is 6.86. The molecule has 0 spiro atoms. The molecule has 2 atom stereocenters. The molecule has 2 amide bonds. The summed E-state index contributed by atoms with van der Waals surface area (Å²) in [6, 6.07) is 10.8. The molecule has 7 nitrogen and oxygen atoms in total. The fraction of sp³-hybridized carbons (Fsp3) is 0.562. The maximum Gasteiger partial charge on any atom is 0.240 e. The van der Waals surface area contributed by atoms with Crippen LogP contribution in [0.4, 0.5) is 0 Å². The van der Waals surface area contributed by atoms with Gasteiger partial charge < -0.3 is 20.3 Å². The monoisotopic (exact) mass is 668 g/mol. The van der Waals surface area contributed by atoms with E-state index in [1.165, 1.54) is 6.42 Å². The summed E-state index contributed by atoms with van der Waals surface area (Å²) in [5, 5.41) is 8.40. The number of nitrogens with one attached hydrogen (secondary N) is 2. The van der Waals surface area contributed by atoms with E-state index in [1.807, 2.05) is 23.1 Å². The van der Waals surface area contributed by atoms with Crippen LogP contribution in [0.5, 0.6) is 0 Å². The van der Waals surface area contributed by atoms with Gasteiger partial charge in [0, 0.05) is 19.0 Å². The highest BCUT2D eigenvalue weighted by molar-refractivity contribution is 6.42. The molecule has 234 valence electrons. The maximum atomic E-state index is 14.0. The summed E-state index contributed by atoms with van der Waals surface area (Å²) in [7, 11) is 0. The average Bonchev–Trinajstić information content (AvgIpc) is 3.03. The third-order valence-corrected chi connectivity index (χ3v) is 11.1. The summed E-state index contributed by atoms with van der Waals surface area (Å²) in [6.45, 7) is 7.04. The van der Waals surface area contributed by atoms with Gasteiger partial charge in [-0.25, -0.2) is 0 Å². The van der Waals surface area contributed by atoms with Crippen molar-refractivity contribution in [2.75, 3.05) is 52.4 Å². The van der Waals surface area contributed by atoms with Gasteiger partial charge in [-0.1, -0.05) is 77.9 Å². The highest BCUT2D eigenvalue weighted by Crippen LogP contribution is 2.40. The third-order valence-electron chi connectivity index (χ3n) is 9.46. The van der Waals surface area contributed by atoms with Crippen molar-refractivity contribution >= 4 is 58.2 Å². The molecule has 0 saturated carbocycles. The lowest BCUT2D eigenvalue weighted by Crippen LogP contribution is -2.64. The predicted octanol–water partition coefficient (Wildman–Crippen LogP) is 5.96. The molecule has 11 heteroatoms. The predicted molar refractivity (Wildman–Crippen MR) is 173 cm³/mol. The van der Waals surface area contributed by atoms with Gasteiger partial charge in [-0.2, -0.15) is 0 Å². The van der Waals surface area contributed by atoms with E-state index in [1.54, 1.807) is 18.2 Å². The largest absolute Gasteiger partial charge is 0.366 e. The van der Waals surface area contributed by atoms with Crippen LogP contribution in [-0.2, 0) is 26.3 Å². The van der Waals surface area contributed by atoms with E-state index in [0.29, 0.717) is 51.9 Å². The number of halogens is 4. The van der Waals surface area contributed by atoms with Gasteiger partial charge in [0.2, 0.25) is 11.8 Å². The summed E-state index contributed by atoms with van der Waals surface area (Å²) in [5.41, 5.74) is 0.0685. The van der Waals surface area contributed by atoms with Gasteiger partial charge in [0.05, 0.1) is 39.7 Å². The Hall–Kier alpha value is -1.58. The van der Waals surface area contributed by atoms with Crippen molar-refractivity contribution in [1.29, 1.82) is 0 Å². The second-order valence-corrected chi connectivity index (χ2v) is 13.6. The molecule has 3 heterocycles. The van der Waals surface area contributed by atoms with Crippen molar-refractivity contribution in [3.8, 4) is 0 Å². The van der Waals surface area contributed by atoms with Gasteiger partial charge in [-0.3, -0.25) is 14.5 Å². The van der Waals surface area contributed by atoms with E-state index in [0.717, 1.165) is 57.4 Å². The molecule has 0 radical (unpaired) electrons. The van der Waals surface area contributed by atoms with Gasteiger partial charge in [-0.05, 0) is 81.2 Å². The standard InChI is InChI=1S/C32H40Cl4N4O3/c1-22(20-38-30(42)31(10-12-37-13-11-31)40-14-3-2-4-15-40)32(24-8-9-25(33)27(35)19-24)21-39(16-17-43-32)28(41)18-23-6-5-7-26(34)29(23)36/h5-9,19,22,37H,2-4,10-18,20-21H2,1H3,(H,38,42). The zero-order chi connectivity index (χ0) is 30.6. The summed E-state index contributed by atoms with van der Waals surface area (Å²) >= 11 is 25.4. The van der Waals surface area contributed by atoms with E-state index in [4.69, 9.17) is 51.1 Å². The minimum atomic E-state index is -0.917. The van der Waals surface area contributed by atoms with Gasteiger partial charge in [-0.15, -0.1) is 0 Å². The number of carbonyl (C=O) groups is 2. The third kappa shape index (κ3) is 6.99. The number of ether oxygens (including phenoxy) is 1. The highest BCUT2D eigenvalue weighted by atomic mass is 35.5. The summed E-state index contributed by atoms with van der Waals surface area (Å²) in [4.78, 5) is 31.9. The molecular weight excluding hydrogens is 630 g/mol. The fourth-order valence-corrected chi connectivity index (χ4v) is 7.54. The zero-order valence-electron chi connectivity index (χ0n) is 24.6. The topological polar surface area (TPSA) is 73.9 Å². The van der Waals surface area contributed by atoms with Crippen LogP contribution in [0.2, 0.25) is 20.1 Å². The Bertz CT molecular complexity index is 1320. The van der Waals surface area contributed by atoms with Crippen LogP contribution in [0.15, 0.2) is 36.4 Å². The SMILES string of the molecule is CC(CNC(=O)C1(N2CCCCC2)CCNCC1)C1(c2ccc(Cl)c(Cl)c2)CN(C(=O)Cc2cccc(Cl)c2Cl)CCO1. The number of morpholine rings is 1. The first kappa shape index (κ1) is 32.8. The Morgan fingerprint density at radius 3 is 2.44 bits per heavy atom. The molecule has 3 aliphatic heterocycles. The van der Waals surface area contributed by atoms with E-state index in [2.05, 4.69) is 22.5 Å². The minimum absolute atomic E-state index is 0.0754. The molecule has 3 fully saturated rings. The lowest BCUT2D eigenvalue weighted by Gasteiger charge is -2.48. The number of nitrogens with zero attached hydrogens (tertiary/aromatic N) is 2. The van der Waals surface area contributed by atoms with E-state index in [-0.39, 0.29) is 24.2 Å². The smallest absolute Gasteiger partial charge is 0.240 e. The van der Waals surface area contributed by atoms with Gasteiger partial charge in [0.25, 0.3) is 0 Å². The quantitative estimate of drug-likeness (QED) is 0.363. The van der Waals surface area contributed by atoms with Crippen molar-refractivity contribution in [2.45, 2.75) is 56.6 Å². The van der Waals surface area contributed by atoms with Crippen molar-refractivity contribution < 1.29 is 14.3 Å². The van der Waals surface area contributed by atoms with Crippen molar-refractivity contribution in [1.82, 2.24) is 20.4 Å². The number of likely N-dealkylation sites (tertiary alicyclic amines) is 1. The Balaban J connectivity index is 1.38. The second-order valence-electron chi connectivity index (χ2n) is 12.0. The van der Waals surface area contributed by atoms with Gasteiger partial charge in [0.15, 0.2) is 0 Å². The molecule has 0 aromatic heterocycles. The van der Waals surface area contributed by atoms with Gasteiger partial charge >= 0.3 is 0 Å². The van der Waals surface area contributed by atoms with Crippen molar-refractivity contribution in [3.63, 3.8) is 0 Å². The average molecular weight is 671 g/mol. The molecule has 0 bridgehead atoms. The normalized spacial score (nSPS) is 23.5. The second kappa shape index (κ2) is 14.2. The number of hydrogen-bond acceptors (Lipinski definition) is 5. The molecule has 43 heavy (non-hydrogen) atoms. The van der Waals surface area contributed by atoms with Crippen LogP contribution in [0.3, 0.4) is 0 Å². The van der Waals surface area contributed by atoms with Crippen LogP contribution < -0.4 is 10.6 Å². The molecule has 0 aliphatic carbocycles. The molecule has 2 aromatic rings. The van der Waals surface area contributed by atoms with Crippen LogP contribution in [0.25, 0.3) is 0 Å². The van der Waals surface area contributed by atoms with Crippen LogP contribution in [-0.4, -0.2) is 79.6 Å². The first-order valence-electron chi connectivity index (χ1n) is 15.2. The lowest BCUT2D eigenvalue weighted by atomic mass is 9.79. The molecule has 2 unspecified atom stereocenters.